The summed E-state index contributed by atoms with van der Waals surface area (Å²) in [5, 5.41) is 0. The first kappa shape index (κ1) is 17.4. The molecule has 5 heteroatoms. The van der Waals surface area contributed by atoms with Crippen molar-refractivity contribution in [2.24, 2.45) is 0 Å². The zero-order chi connectivity index (χ0) is 17.0. The van der Waals surface area contributed by atoms with Gasteiger partial charge in [-0.05, 0) is 31.5 Å². The molecule has 24 heavy (non-hydrogen) atoms. The van der Waals surface area contributed by atoms with Gasteiger partial charge in [0.05, 0.1) is 13.2 Å². The molecule has 0 N–H and O–H groups in total. The molecule has 2 aliphatic heterocycles. The van der Waals surface area contributed by atoms with Gasteiger partial charge in [0.25, 0.3) is 0 Å². The average Bonchev–Trinajstić information content (AvgIpc) is 3.03. The first-order valence-corrected chi connectivity index (χ1v) is 8.99. The summed E-state index contributed by atoms with van der Waals surface area (Å²) in [6.07, 6.45) is 2.35. The molecule has 0 aromatic heterocycles. The molecular weight excluding hydrogens is 304 g/mol. The van der Waals surface area contributed by atoms with Crippen LogP contribution >= 0.6 is 0 Å². The lowest BCUT2D eigenvalue weighted by Crippen LogP contribution is -2.46. The van der Waals surface area contributed by atoms with Crippen molar-refractivity contribution in [2.75, 3.05) is 44.3 Å². The normalized spacial score (nSPS) is 20.4. The van der Waals surface area contributed by atoms with Crippen LogP contribution in [-0.4, -0.2) is 56.0 Å². The molecule has 1 aromatic rings. The molecule has 2 fully saturated rings. The number of carbonyl (C=O) groups excluding carboxylic acids is 1. The number of amides is 1. The molecule has 132 valence electrons. The molecule has 1 aromatic carbocycles. The number of hydrogen-bond acceptors (Lipinski definition) is 4. The minimum absolute atomic E-state index is 0.191. The van der Waals surface area contributed by atoms with Crippen LogP contribution in [0.1, 0.15) is 31.7 Å². The summed E-state index contributed by atoms with van der Waals surface area (Å²) < 4.78 is 11.5. The Kier molecular flexibility index (Phi) is 5.54. The van der Waals surface area contributed by atoms with Gasteiger partial charge in [0.1, 0.15) is 0 Å². The summed E-state index contributed by atoms with van der Waals surface area (Å²) in [5.41, 5.74) is 2.17. The quantitative estimate of drug-likeness (QED) is 0.831. The highest BCUT2D eigenvalue weighted by Gasteiger charge is 2.39. The van der Waals surface area contributed by atoms with Crippen molar-refractivity contribution in [3.63, 3.8) is 0 Å². The molecule has 1 spiro atoms. The van der Waals surface area contributed by atoms with Gasteiger partial charge >= 0.3 is 0 Å². The fourth-order valence-electron chi connectivity index (χ4n) is 3.59. The molecule has 0 radical (unpaired) electrons. The molecule has 2 heterocycles. The van der Waals surface area contributed by atoms with E-state index in [-0.39, 0.29) is 11.7 Å². The second kappa shape index (κ2) is 7.64. The Labute approximate surface area is 144 Å². The van der Waals surface area contributed by atoms with Crippen LogP contribution < -0.4 is 4.90 Å². The fourth-order valence-corrected chi connectivity index (χ4v) is 3.59. The molecule has 0 bridgehead atoms. The minimum Gasteiger partial charge on any atom is -0.347 e. The zero-order valence-electron chi connectivity index (χ0n) is 14.8. The Morgan fingerprint density at radius 1 is 1.25 bits per heavy atom. The monoisotopic (exact) mass is 332 g/mol. The summed E-state index contributed by atoms with van der Waals surface area (Å²) in [6.45, 7) is 8.87. The molecule has 2 aliphatic rings. The highest BCUT2D eigenvalue weighted by molar-refractivity contribution is 5.93. The van der Waals surface area contributed by atoms with Gasteiger partial charge in [-0.1, -0.05) is 12.1 Å². The first-order valence-electron chi connectivity index (χ1n) is 8.99. The van der Waals surface area contributed by atoms with Crippen LogP contribution in [0.4, 0.5) is 5.69 Å². The summed E-state index contributed by atoms with van der Waals surface area (Å²) >= 11 is 0. The molecule has 1 amide bonds. The standard InChI is InChI=1S/C19H28N2O3/c1-3-21(17-6-4-5-16(2)15-17)18(22)7-10-20-11-8-19(9-12-20)23-13-14-24-19/h4-6,15H,3,7-14H2,1-2H3. The first-order chi connectivity index (χ1) is 11.6. The second-order valence-electron chi connectivity index (χ2n) is 6.68. The fraction of sp³-hybridized carbons (Fsp3) is 0.632. The van der Waals surface area contributed by atoms with Crippen molar-refractivity contribution in [2.45, 2.75) is 38.9 Å². The number of hydrogen-bond donors (Lipinski definition) is 0. The van der Waals surface area contributed by atoms with E-state index in [0.717, 1.165) is 38.2 Å². The van der Waals surface area contributed by atoms with Crippen LogP contribution in [0.3, 0.4) is 0 Å². The molecule has 3 rings (SSSR count). The van der Waals surface area contributed by atoms with E-state index < -0.39 is 0 Å². The van der Waals surface area contributed by atoms with Crippen LogP contribution in [0.5, 0.6) is 0 Å². The van der Waals surface area contributed by atoms with Crippen LogP contribution in [0.25, 0.3) is 0 Å². The van der Waals surface area contributed by atoms with Crippen LogP contribution in [0.15, 0.2) is 24.3 Å². The lowest BCUT2D eigenvalue weighted by Gasteiger charge is -2.37. The summed E-state index contributed by atoms with van der Waals surface area (Å²) in [5.74, 6) is -0.144. The highest BCUT2D eigenvalue weighted by Crippen LogP contribution is 2.31. The van der Waals surface area contributed by atoms with Gasteiger partial charge in [0.15, 0.2) is 5.79 Å². The minimum atomic E-state index is -0.336. The smallest absolute Gasteiger partial charge is 0.228 e. The number of aryl methyl sites for hydroxylation is 1. The predicted molar refractivity (Wildman–Crippen MR) is 94.1 cm³/mol. The Bertz CT molecular complexity index is 559. The third-order valence-corrected chi connectivity index (χ3v) is 5.00. The van der Waals surface area contributed by atoms with Gasteiger partial charge in [-0.15, -0.1) is 0 Å². The molecule has 2 saturated heterocycles. The number of anilines is 1. The van der Waals surface area contributed by atoms with Crippen LogP contribution in [-0.2, 0) is 14.3 Å². The van der Waals surface area contributed by atoms with Gasteiger partial charge < -0.3 is 19.3 Å². The summed E-state index contributed by atoms with van der Waals surface area (Å²) in [7, 11) is 0. The Morgan fingerprint density at radius 2 is 1.96 bits per heavy atom. The highest BCUT2D eigenvalue weighted by atomic mass is 16.7. The number of nitrogens with zero attached hydrogens (tertiary/aromatic N) is 2. The van der Waals surface area contributed by atoms with Gasteiger partial charge in [0, 0.05) is 51.1 Å². The third kappa shape index (κ3) is 3.97. The molecule has 0 atom stereocenters. The number of ether oxygens (including phenoxy) is 2. The molecule has 0 aliphatic carbocycles. The number of benzene rings is 1. The van der Waals surface area contributed by atoms with Gasteiger partial charge in [-0.2, -0.15) is 0 Å². The van der Waals surface area contributed by atoms with Crippen molar-refractivity contribution in [3.05, 3.63) is 29.8 Å². The summed E-state index contributed by atoms with van der Waals surface area (Å²) in [4.78, 5) is 16.9. The SMILES string of the molecule is CCN(C(=O)CCN1CCC2(CC1)OCCO2)c1cccc(C)c1. The predicted octanol–water partition coefficient (Wildman–Crippen LogP) is 2.58. The third-order valence-electron chi connectivity index (χ3n) is 5.00. The van der Waals surface area contributed by atoms with Gasteiger partial charge in [-0.25, -0.2) is 0 Å². The maximum Gasteiger partial charge on any atom is 0.228 e. The van der Waals surface area contributed by atoms with E-state index in [4.69, 9.17) is 9.47 Å². The van der Waals surface area contributed by atoms with Crippen LogP contribution in [0, 0.1) is 6.92 Å². The number of piperidine rings is 1. The number of likely N-dealkylation sites (tertiary alicyclic amines) is 1. The van der Waals surface area contributed by atoms with Crippen molar-refractivity contribution in [1.29, 1.82) is 0 Å². The largest absolute Gasteiger partial charge is 0.347 e. The van der Waals surface area contributed by atoms with E-state index >= 15 is 0 Å². The zero-order valence-corrected chi connectivity index (χ0v) is 14.8. The van der Waals surface area contributed by atoms with E-state index in [9.17, 15) is 4.79 Å². The molecular formula is C19H28N2O3. The molecule has 0 unspecified atom stereocenters. The van der Waals surface area contributed by atoms with Crippen molar-refractivity contribution >= 4 is 11.6 Å². The second-order valence-corrected chi connectivity index (χ2v) is 6.68. The van der Waals surface area contributed by atoms with Gasteiger partial charge in [-0.3, -0.25) is 4.79 Å². The van der Waals surface area contributed by atoms with Gasteiger partial charge in [0.2, 0.25) is 5.91 Å². The van der Waals surface area contributed by atoms with E-state index in [1.807, 2.05) is 24.0 Å². The van der Waals surface area contributed by atoms with Crippen molar-refractivity contribution in [3.8, 4) is 0 Å². The number of rotatable bonds is 5. The molecule has 5 nitrogen and oxygen atoms in total. The van der Waals surface area contributed by atoms with Crippen molar-refractivity contribution < 1.29 is 14.3 Å². The van der Waals surface area contributed by atoms with Crippen molar-refractivity contribution in [1.82, 2.24) is 4.90 Å². The lowest BCUT2D eigenvalue weighted by molar-refractivity contribution is -0.185. The Balaban J connectivity index is 1.50. The van der Waals surface area contributed by atoms with E-state index in [1.54, 1.807) is 0 Å². The van der Waals surface area contributed by atoms with E-state index in [0.29, 0.717) is 26.2 Å². The number of carbonyl (C=O) groups is 1. The Morgan fingerprint density at radius 3 is 2.58 bits per heavy atom. The maximum absolute atomic E-state index is 12.6. The van der Waals surface area contributed by atoms with E-state index in [1.165, 1.54) is 5.56 Å². The summed E-state index contributed by atoms with van der Waals surface area (Å²) in [6, 6.07) is 8.14. The maximum atomic E-state index is 12.6. The molecule has 0 saturated carbocycles. The van der Waals surface area contributed by atoms with Crippen LogP contribution in [0.2, 0.25) is 0 Å². The average molecular weight is 332 g/mol. The van der Waals surface area contributed by atoms with E-state index in [2.05, 4.69) is 24.0 Å². The topological polar surface area (TPSA) is 42.0 Å². The Hall–Kier alpha value is -1.43. The lowest BCUT2D eigenvalue weighted by atomic mass is 10.0.